The van der Waals surface area contributed by atoms with E-state index in [1.807, 2.05) is 6.07 Å². The van der Waals surface area contributed by atoms with Crippen LogP contribution in [-0.4, -0.2) is 9.13 Å². The van der Waals surface area contributed by atoms with Gasteiger partial charge in [0, 0.05) is 49.1 Å². The summed E-state index contributed by atoms with van der Waals surface area (Å²) >= 11 is 0. The molecule has 52 heavy (non-hydrogen) atoms. The van der Waals surface area contributed by atoms with Crippen molar-refractivity contribution in [1.29, 1.82) is 0 Å². The molecule has 4 heteroatoms. The minimum absolute atomic E-state index is 0.879. The average molecular weight is 665 g/mol. The maximum atomic E-state index is 6.63. The summed E-state index contributed by atoms with van der Waals surface area (Å²) in [6, 6.07) is 60.6. The highest BCUT2D eigenvalue weighted by Crippen LogP contribution is 2.43. The van der Waals surface area contributed by atoms with Crippen molar-refractivity contribution < 1.29 is 8.83 Å². The highest BCUT2D eigenvalue weighted by Gasteiger charge is 2.20. The van der Waals surface area contributed by atoms with Gasteiger partial charge in [0.25, 0.3) is 0 Å². The third-order valence-corrected chi connectivity index (χ3v) is 10.9. The number of aromatic nitrogens is 2. The van der Waals surface area contributed by atoms with Crippen LogP contribution in [0.25, 0.3) is 110 Å². The smallest absolute Gasteiger partial charge is 0.145 e. The molecule has 0 N–H and O–H groups in total. The fraction of sp³-hybridized carbons (Fsp3) is 0. The van der Waals surface area contributed by atoms with Gasteiger partial charge in [-0.1, -0.05) is 84.9 Å². The van der Waals surface area contributed by atoms with Crippen LogP contribution in [0.2, 0.25) is 0 Å². The van der Waals surface area contributed by atoms with Gasteiger partial charge in [-0.3, -0.25) is 0 Å². The maximum Gasteiger partial charge on any atom is 0.145 e. The molecule has 4 nitrogen and oxygen atoms in total. The highest BCUT2D eigenvalue weighted by atomic mass is 16.3. The van der Waals surface area contributed by atoms with Crippen molar-refractivity contribution in [3.05, 3.63) is 170 Å². The Bertz CT molecular complexity index is 3360. The number of hydrogen-bond acceptors (Lipinski definition) is 2. The van der Waals surface area contributed by atoms with Crippen molar-refractivity contribution in [3.63, 3.8) is 0 Å². The van der Waals surface area contributed by atoms with Crippen LogP contribution >= 0.6 is 0 Å². The van der Waals surface area contributed by atoms with E-state index in [-0.39, 0.29) is 0 Å². The van der Waals surface area contributed by atoms with E-state index in [1.54, 1.807) is 0 Å². The molecule has 0 radical (unpaired) electrons. The van der Waals surface area contributed by atoms with Crippen LogP contribution in [-0.2, 0) is 0 Å². The highest BCUT2D eigenvalue weighted by molar-refractivity contribution is 6.24. The van der Waals surface area contributed by atoms with Crippen LogP contribution in [0.5, 0.6) is 0 Å². The van der Waals surface area contributed by atoms with Crippen molar-refractivity contribution in [2.45, 2.75) is 0 Å². The molecular weight excluding hydrogens is 637 g/mol. The summed E-state index contributed by atoms with van der Waals surface area (Å²) in [5, 5.41) is 9.25. The van der Waals surface area contributed by atoms with Crippen molar-refractivity contribution in [2.24, 2.45) is 0 Å². The topological polar surface area (TPSA) is 36.1 Å². The van der Waals surface area contributed by atoms with Crippen molar-refractivity contribution in [2.75, 3.05) is 0 Å². The largest absolute Gasteiger partial charge is 0.456 e. The monoisotopic (exact) mass is 664 g/mol. The van der Waals surface area contributed by atoms with Gasteiger partial charge in [-0.15, -0.1) is 0 Å². The zero-order valence-corrected chi connectivity index (χ0v) is 27.9. The van der Waals surface area contributed by atoms with Gasteiger partial charge in [-0.2, -0.15) is 0 Å². The Morgan fingerprint density at radius 3 is 1.65 bits per heavy atom. The van der Waals surface area contributed by atoms with Gasteiger partial charge in [0.15, 0.2) is 0 Å². The van der Waals surface area contributed by atoms with Gasteiger partial charge >= 0.3 is 0 Å². The van der Waals surface area contributed by atoms with E-state index < -0.39 is 0 Å². The van der Waals surface area contributed by atoms with Crippen LogP contribution in [0, 0.1) is 0 Å². The zero-order chi connectivity index (χ0) is 33.9. The lowest BCUT2D eigenvalue weighted by Crippen LogP contribution is -1.93. The third-order valence-electron chi connectivity index (χ3n) is 10.9. The van der Waals surface area contributed by atoms with Gasteiger partial charge in [0.05, 0.1) is 27.5 Å². The van der Waals surface area contributed by atoms with Crippen LogP contribution in [0.3, 0.4) is 0 Å². The summed E-state index contributed by atoms with van der Waals surface area (Å²) in [5.41, 5.74) is 12.7. The van der Waals surface area contributed by atoms with E-state index in [0.717, 1.165) is 88.2 Å². The Morgan fingerprint density at radius 2 is 0.865 bits per heavy atom. The minimum atomic E-state index is 0.879. The molecule has 0 unspecified atom stereocenters. The second-order valence-corrected chi connectivity index (χ2v) is 13.7. The van der Waals surface area contributed by atoms with E-state index in [0.29, 0.717) is 0 Å². The Morgan fingerprint density at radius 1 is 0.308 bits per heavy atom. The summed E-state index contributed by atoms with van der Waals surface area (Å²) in [7, 11) is 0. The first-order chi connectivity index (χ1) is 25.8. The molecule has 0 aliphatic rings. The Kier molecular flexibility index (Phi) is 5.47. The molecule has 0 saturated carbocycles. The van der Waals surface area contributed by atoms with E-state index in [2.05, 4.69) is 173 Å². The molecule has 12 aromatic rings. The van der Waals surface area contributed by atoms with Crippen LogP contribution in [0.1, 0.15) is 0 Å². The van der Waals surface area contributed by atoms with Crippen LogP contribution in [0.15, 0.2) is 179 Å². The van der Waals surface area contributed by atoms with Gasteiger partial charge < -0.3 is 18.0 Å². The SMILES string of the molecule is c1ccc(-n2c3ccc(-c4ccc5oc6ccc(-n7c8ccccc8c8ccccc87)cc6c5c4)cc3c3c4oc5ccccc5c4ccc32)cc1. The first-order valence-corrected chi connectivity index (χ1v) is 17.7. The molecule has 0 atom stereocenters. The van der Waals surface area contributed by atoms with E-state index in [4.69, 9.17) is 8.83 Å². The number of rotatable bonds is 3. The van der Waals surface area contributed by atoms with E-state index in [9.17, 15) is 0 Å². The predicted octanol–water partition coefficient (Wildman–Crippen LogP) is 13.3. The molecule has 4 aromatic heterocycles. The maximum absolute atomic E-state index is 6.63. The lowest BCUT2D eigenvalue weighted by molar-refractivity contribution is 0.669. The molecule has 0 aliphatic carbocycles. The zero-order valence-electron chi connectivity index (χ0n) is 27.9. The fourth-order valence-electron chi connectivity index (χ4n) is 8.61. The lowest BCUT2D eigenvalue weighted by atomic mass is 10.00. The van der Waals surface area contributed by atoms with Gasteiger partial charge in [0.1, 0.15) is 22.3 Å². The number of nitrogens with zero attached hydrogens (tertiary/aromatic N) is 2. The summed E-state index contributed by atoms with van der Waals surface area (Å²) in [5.74, 6) is 0. The predicted molar refractivity (Wildman–Crippen MR) is 215 cm³/mol. The molecule has 0 saturated heterocycles. The Labute approximate surface area is 296 Å². The first kappa shape index (κ1) is 27.7. The summed E-state index contributed by atoms with van der Waals surface area (Å²) in [4.78, 5) is 0. The van der Waals surface area contributed by atoms with Gasteiger partial charge in [0.2, 0.25) is 0 Å². The molecule has 0 aliphatic heterocycles. The Balaban J connectivity index is 1.09. The molecule has 0 spiro atoms. The minimum Gasteiger partial charge on any atom is -0.456 e. The lowest BCUT2D eigenvalue weighted by Gasteiger charge is -2.08. The molecule has 4 heterocycles. The summed E-state index contributed by atoms with van der Waals surface area (Å²) in [6.45, 7) is 0. The molecule has 0 fully saturated rings. The Hall–Kier alpha value is -7.04. The molecule has 12 rings (SSSR count). The number of furan rings is 2. The molecule has 0 bridgehead atoms. The quantitative estimate of drug-likeness (QED) is 0.188. The number of fused-ring (bicyclic) bond motifs is 13. The molecule has 242 valence electrons. The average Bonchev–Trinajstić information content (AvgIpc) is 3.95. The fourth-order valence-corrected chi connectivity index (χ4v) is 8.61. The number of hydrogen-bond donors (Lipinski definition) is 0. The summed E-state index contributed by atoms with van der Waals surface area (Å²) in [6.07, 6.45) is 0. The molecule has 0 amide bonds. The number of para-hydroxylation sites is 4. The third kappa shape index (κ3) is 3.75. The van der Waals surface area contributed by atoms with Crippen molar-refractivity contribution >= 4 is 87.5 Å². The normalized spacial score (nSPS) is 12.2. The van der Waals surface area contributed by atoms with E-state index in [1.165, 1.54) is 21.8 Å². The summed E-state index contributed by atoms with van der Waals surface area (Å²) < 4.78 is 17.8. The van der Waals surface area contributed by atoms with E-state index >= 15 is 0 Å². The van der Waals surface area contributed by atoms with Crippen LogP contribution in [0.4, 0.5) is 0 Å². The van der Waals surface area contributed by atoms with Gasteiger partial charge in [-0.05, 0) is 96.1 Å². The van der Waals surface area contributed by atoms with Gasteiger partial charge in [-0.25, -0.2) is 0 Å². The second kappa shape index (κ2) is 10.3. The second-order valence-electron chi connectivity index (χ2n) is 13.7. The van der Waals surface area contributed by atoms with Crippen LogP contribution < -0.4 is 0 Å². The number of benzene rings is 8. The van der Waals surface area contributed by atoms with Crippen molar-refractivity contribution in [3.8, 4) is 22.5 Å². The molecule has 8 aromatic carbocycles. The molecular formula is C48H28N2O2. The van der Waals surface area contributed by atoms with Crippen molar-refractivity contribution in [1.82, 2.24) is 9.13 Å². The standard InChI is InChI=1S/C48H28N2O2/c1-2-10-31(11-3-1)49-42-22-18-29(27-39(42)47-43(49)23-21-36-35-14-6-9-17-44(35)52-48(36)47)30-19-24-45-37(26-30)38-28-32(20-25-46(38)51-45)50-40-15-7-4-12-33(40)34-13-5-8-16-41(34)50/h1-28H. The first-order valence-electron chi connectivity index (χ1n) is 17.7.